The summed E-state index contributed by atoms with van der Waals surface area (Å²) in [6.45, 7) is 4.43. The first kappa shape index (κ1) is 21.4. The summed E-state index contributed by atoms with van der Waals surface area (Å²) in [7, 11) is 4.06. The van der Waals surface area contributed by atoms with Crippen molar-refractivity contribution in [3.8, 4) is 6.01 Å². The number of halogens is 2. The normalized spacial score (nSPS) is 23.6. The number of β-amino-alcohol motifs (C(OH)–C–C–N with tert-alkyl or cyclic N) is 1. The Bertz CT molecular complexity index is 938. The van der Waals surface area contributed by atoms with Gasteiger partial charge in [-0.15, -0.1) is 0 Å². The SMILES string of the molecule is CN(C)CC1(COc2nc(N3CCOCC(C)(O)C3)c3cnc(Cl)c(F)c3n2)CC1. The molecule has 1 unspecified atom stereocenters. The maximum atomic E-state index is 14.8. The molecule has 2 aliphatic rings. The van der Waals surface area contributed by atoms with Crippen molar-refractivity contribution in [2.24, 2.45) is 5.41 Å². The van der Waals surface area contributed by atoms with Crippen molar-refractivity contribution in [3.63, 3.8) is 0 Å². The zero-order valence-corrected chi connectivity index (χ0v) is 18.2. The number of nitrogens with zero attached hydrogens (tertiary/aromatic N) is 5. The van der Waals surface area contributed by atoms with Gasteiger partial charge < -0.3 is 24.4 Å². The van der Waals surface area contributed by atoms with Crippen molar-refractivity contribution in [2.45, 2.75) is 25.4 Å². The Balaban J connectivity index is 1.70. The molecule has 4 rings (SSSR count). The number of ether oxygens (including phenoxy) is 2. The minimum atomic E-state index is -1.07. The molecule has 8 nitrogen and oxygen atoms in total. The third kappa shape index (κ3) is 4.59. The second-order valence-electron chi connectivity index (χ2n) is 8.95. The molecule has 2 fully saturated rings. The van der Waals surface area contributed by atoms with E-state index in [9.17, 15) is 9.50 Å². The minimum absolute atomic E-state index is 0.0530. The average Bonchev–Trinajstić information content (AvgIpc) is 3.46. The quantitative estimate of drug-likeness (QED) is 0.685. The molecular formula is C20H27ClFN5O3. The first-order valence-corrected chi connectivity index (χ1v) is 10.4. The van der Waals surface area contributed by atoms with E-state index >= 15 is 0 Å². The molecule has 0 aromatic carbocycles. The zero-order valence-electron chi connectivity index (χ0n) is 17.5. The lowest BCUT2D eigenvalue weighted by Gasteiger charge is -2.29. The lowest BCUT2D eigenvalue weighted by molar-refractivity contribution is -0.0123. The summed E-state index contributed by atoms with van der Waals surface area (Å²) < 4.78 is 26.2. The molecule has 2 aromatic heterocycles. The van der Waals surface area contributed by atoms with Crippen molar-refractivity contribution in [3.05, 3.63) is 17.2 Å². The molecule has 0 spiro atoms. The van der Waals surface area contributed by atoms with Gasteiger partial charge in [0, 0.05) is 24.7 Å². The molecule has 2 aromatic rings. The number of fused-ring (bicyclic) bond motifs is 1. The molecule has 1 atom stereocenters. The minimum Gasteiger partial charge on any atom is -0.463 e. The van der Waals surface area contributed by atoms with Crippen LogP contribution in [0.25, 0.3) is 10.9 Å². The summed E-state index contributed by atoms with van der Waals surface area (Å²) in [5.41, 5.74) is -0.940. The summed E-state index contributed by atoms with van der Waals surface area (Å²) in [6, 6.07) is 0.0912. The van der Waals surface area contributed by atoms with E-state index in [0.29, 0.717) is 31.0 Å². The van der Waals surface area contributed by atoms with E-state index < -0.39 is 11.4 Å². The summed E-state index contributed by atoms with van der Waals surface area (Å²) in [5, 5.41) is 10.7. The third-order valence-corrected chi connectivity index (χ3v) is 5.73. The van der Waals surface area contributed by atoms with Crippen LogP contribution >= 0.6 is 11.6 Å². The number of aliphatic hydroxyl groups is 1. The van der Waals surface area contributed by atoms with Gasteiger partial charge in [-0.25, -0.2) is 9.37 Å². The number of hydrogen-bond donors (Lipinski definition) is 1. The van der Waals surface area contributed by atoms with Crippen LogP contribution in [0.3, 0.4) is 0 Å². The van der Waals surface area contributed by atoms with Gasteiger partial charge in [0.1, 0.15) is 16.9 Å². The van der Waals surface area contributed by atoms with Gasteiger partial charge in [0.2, 0.25) is 0 Å². The van der Waals surface area contributed by atoms with Crippen LogP contribution in [0.5, 0.6) is 6.01 Å². The number of pyridine rings is 1. The van der Waals surface area contributed by atoms with E-state index in [1.54, 1.807) is 6.92 Å². The lowest BCUT2D eigenvalue weighted by Crippen LogP contribution is -2.42. The van der Waals surface area contributed by atoms with E-state index in [1.807, 2.05) is 19.0 Å². The second-order valence-corrected chi connectivity index (χ2v) is 9.31. The molecule has 3 heterocycles. The Hall–Kier alpha value is -1.81. The maximum Gasteiger partial charge on any atom is 0.319 e. The zero-order chi connectivity index (χ0) is 21.5. The van der Waals surface area contributed by atoms with E-state index in [4.69, 9.17) is 21.1 Å². The predicted molar refractivity (Wildman–Crippen MR) is 112 cm³/mol. The largest absolute Gasteiger partial charge is 0.463 e. The van der Waals surface area contributed by atoms with Crippen LogP contribution in [0.15, 0.2) is 6.20 Å². The Morgan fingerprint density at radius 1 is 1.37 bits per heavy atom. The van der Waals surface area contributed by atoms with Gasteiger partial charge >= 0.3 is 6.01 Å². The highest BCUT2D eigenvalue weighted by Crippen LogP contribution is 2.46. The van der Waals surface area contributed by atoms with Crippen LogP contribution in [0.4, 0.5) is 10.2 Å². The van der Waals surface area contributed by atoms with Crippen LogP contribution in [-0.2, 0) is 4.74 Å². The summed E-state index contributed by atoms with van der Waals surface area (Å²) in [6.07, 6.45) is 3.60. The Kier molecular flexibility index (Phi) is 5.73. The fourth-order valence-corrected chi connectivity index (χ4v) is 4.04. The highest BCUT2D eigenvalue weighted by molar-refractivity contribution is 6.30. The molecule has 30 heavy (non-hydrogen) atoms. The first-order valence-electron chi connectivity index (χ1n) is 10.0. The average molecular weight is 440 g/mol. The van der Waals surface area contributed by atoms with Crippen LogP contribution in [-0.4, -0.2) is 84.1 Å². The third-order valence-electron chi connectivity index (χ3n) is 5.47. The highest BCUT2D eigenvalue weighted by atomic mass is 35.5. The molecule has 1 aliphatic heterocycles. The maximum absolute atomic E-state index is 14.8. The number of anilines is 1. The smallest absolute Gasteiger partial charge is 0.319 e. The van der Waals surface area contributed by atoms with Crippen molar-refractivity contribution < 1.29 is 19.0 Å². The van der Waals surface area contributed by atoms with Crippen molar-refractivity contribution >= 4 is 28.3 Å². The fraction of sp³-hybridized carbons (Fsp3) is 0.650. The van der Waals surface area contributed by atoms with Crippen LogP contribution in [0.1, 0.15) is 19.8 Å². The Morgan fingerprint density at radius 3 is 2.83 bits per heavy atom. The number of aromatic nitrogens is 3. The number of rotatable bonds is 6. The molecule has 164 valence electrons. The van der Waals surface area contributed by atoms with Crippen molar-refractivity contribution in [2.75, 3.05) is 58.5 Å². The molecule has 1 N–H and O–H groups in total. The Morgan fingerprint density at radius 2 is 2.13 bits per heavy atom. The van der Waals surface area contributed by atoms with Crippen LogP contribution in [0.2, 0.25) is 5.15 Å². The van der Waals surface area contributed by atoms with Gasteiger partial charge in [-0.1, -0.05) is 11.6 Å². The van der Waals surface area contributed by atoms with E-state index in [0.717, 1.165) is 19.4 Å². The molecule has 0 radical (unpaired) electrons. The van der Waals surface area contributed by atoms with Gasteiger partial charge in [0.25, 0.3) is 0 Å². The molecular weight excluding hydrogens is 413 g/mol. The predicted octanol–water partition coefficient (Wildman–Crippen LogP) is 2.13. The van der Waals surface area contributed by atoms with Gasteiger partial charge in [0.05, 0.1) is 31.8 Å². The van der Waals surface area contributed by atoms with E-state index in [2.05, 4.69) is 19.9 Å². The van der Waals surface area contributed by atoms with Gasteiger partial charge in [-0.05, 0) is 33.9 Å². The fourth-order valence-electron chi connectivity index (χ4n) is 3.90. The Labute approximate surface area is 180 Å². The van der Waals surface area contributed by atoms with Crippen molar-refractivity contribution in [1.82, 2.24) is 19.9 Å². The van der Waals surface area contributed by atoms with Gasteiger partial charge in [-0.2, -0.15) is 9.97 Å². The van der Waals surface area contributed by atoms with Crippen LogP contribution in [0, 0.1) is 11.2 Å². The van der Waals surface area contributed by atoms with Crippen molar-refractivity contribution in [1.29, 1.82) is 0 Å². The summed E-state index contributed by atoms with van der Waals surface area (Å²) in [4.78, 5) is 16.8. The van der Waals surface area contributed by atoms with Gasteiger partial charge in [0.15, 0.2) is 11.0 Å². The molecule has 1 aliphatic carbocycles. The second kappa shape index (κ2) is 8.03. The topological polar surface area (TPSA) is 83.8 Å². The summed E-state index contributed by atoms with van der Waals surface area (Å²) in [5.74, 6) is -0.267. The van der Waals surface area contributed by atoms with E-state index in [-0.39, 0.29) is 35.2 Å². The highest BCUT2D eigenvalue weighted by Gasteiger charge is 2.44. The molecule has 1 saturated heterocycles. The monoisotopic (exact) mass is 439 g/mol. The van der Waals surface area contributed by atoms with Crippen LogP contribution < -0.4 is 9.64 Å². The van der Waals surface area contributed by atoms with Gasteiger partial charge in [-0.3, -0.25) is 0 Å². The molecule has 0 amide bonds. The lowest BCUT2D eigenvalue weighted by atomic mass is 10.1. The van der Waals surface area contributed by atoms with E-state index in [1.165, 1.54) is 6.20 Å². The standard InChI is InChI=1S/C20H27ClFN5O3/c1-19(28)9-27(6-7-29-11-19)17-13-8-23-16(21)14(22)15(13)24-18(25-17)30-12-20(4-5-20)10-26(2)3/h8,28H,4-7,9-12H2,1-3H3. The first-order chi connectivity index (χ1) is 14.2. The summed E-state index contributed by atoms with van der Waals surface area (Å²) >= 11 is 5.90. The molecule has 1 saturated carbocycles. The molecule has 0 bridgehead atoms. The number of hydrogen-bond acceptors (Lipinski definition) is 8. The molecule has 10 heteroatoms.